The van der Waals surface area contributed by atoms with Crippen LogP contribution in [0.25, 0.3) is 0 Å². The van der Waals surface area contributed by atoms with Gasteiger partial charge in [-0.3, -0.25) is 9.59 Å². The minimum absolute atomic E-state index is 0.00347. The van der Waals surface area contributed by atoms with E-state index in [1.165, 1.54) is 89.0 Å². The van der Waals surface area contributed by atoms with Gasteiger partial charge in [-0.15, -0.1) is 0 Å². The smallest absolute Gasteiger partial charge is 0.306 e. The Labute approximate surface area is 492 Å². The number of allylic oxidation sites excluding steroid dienone is 5. The third-order valence-electron chi connectivity index (χ3n) is 26.3. The van der Waals surface area contributed by atoms with Crippen LogP contribution in [0.5, 0.6) is 0 Å². The van der Waals surface area contributed by atoms with Crippen molar-refractivity contribution in [2.24, 2.45) is 105 Å². The van der Waals surface area contributed by atoms with Crippen molar-refractivity contribution in [1.82, 2.24) is 4.90 Å². The van der Waals surface area contributed by atoms with Crippen LogP contribution in [0.3, 0.4) is 0 Å². The largest absolute Gasteiger partial charge is 0.462 e. The molecule has 6 heteroatoms. The molecule has 8 aliphatic carbocycles. The number of ether oxygens (including phenoxy) is 2. The number of carbonyl (C=O) groups excluding carboxylic acids is 2. The van der Waals surface area contributed by atoms with E-state index in [0.717, 1.165) is 163 Å². The number of esters is 2. The average molecular weight is 1110 g/mol. The lowest BCUT2D eigenvalue weighted by Gasteiger charge is -2.61. The van der Waals surface area contributed by atoms with Crippen molar-refractivity contribution in [3.8, 4) is 0 Å². The molecule has 18 atom stereocenters. The Balaban J connectivity index is 0.680. The van der Waals surface area contributed by atoms with E-state index in [2.05, 4.69) is 112 Å². The number of nitrogens with zero attached hydrogens (tertiary/aromatic N) is 1. The fourth-order valence-electron chi connectivity index (χ4n) is 20.2. The van der Waals surface area contributed by atoms with Crippen LogP contribution in [0.2, 0.25) is 0 Å². The molecular formula is C74H125NO5. The first-order chi connectivity index (χ1) is 38.2. The summed E-state index contributed by atoms with van der Waals surface area (Å²) in [6.07, 6.45) is 44.8. The molecule has 80 heavy (non-hydrogen) atoms. The van der Waals surface area contributed by atoms with Crippen molar-refractivity contribution in [2.45, 2.75) is 288 Å². The summed E-state index contributed by atoms with van der Waals surface area (Å²) in [6, 6.07) is 0. The van der Waals surface area contributed by atoms with Gasteiger partial charge in [0.25, 0.3) is 0 Å². The second-order valence-corrected chi connectivity index (χ2v) is 31.5. The van der Waals surface area contributed by atoms with Crippen LogP contribution in [0.4, 0.5) is 0 Å². The number of rotatable bonds is 29. The lowest BCUT2D eigenvalue weighted by molar-refractivity contribution is -0.163. The van der Waals surface area contributed by atoms with Crippen LogP contribution in [0.1, 0.15) is 276 Å². The minimum Gasteiger partial charge on any atom is -0.462 e. The molecule has 8 aliphatic rings. The van der Waals surface area contributed by atoms with Gasteiger partial charge in [-0.2, -0.15) is 0 Å². The monoisotopic (exact) mass is 1110 g/mol. The Kier molecular flexibility index (Phi) is 22.8. The molecule has 7 saturated carbocycles. The van der Waals surface area contributed by atoms with Crippen LogP contribution in [-0.4, -0.2) is 60.4 Å². The minimum atomic E-state index is -0.00347. The SMILES string of the molecule is CC(C)C(C)/C=C/C(C)C1CCC2C3=CC=C4CC(OC(=O)CCCCCCN(CCCCO)CCCCCCC(=O)OC5CCC6(C)C(CCC7C6CCC6(C)C(C(C)CCC(C)C(C)C)CCC76)C5)CCC4(C)C3CCC21C. The predicted octanol–water partition coefficient (Wildman–Crippen LogP) is 19.1. The van der Waals surface area contributed by atoms with Crippen molar-refractivity contribution >= 4 is 11.9 Å². The van der Waals surface area contributed by atoms with E-state index in [9.17, 15) is 14.7 Å². The first-order valence-corrected chi connectivity index (χ1v) is 35.0. The second-order valence-electron chi connectivity index (χ2n) is 31.5. The van der Waals surface area contributed by atoms with Gasteiger partial charge in [0.15, 0.2) is 0 Å². The highest BCUT2D eigenvalue weighted by molar-refractivity contribution is 5.70. The van der Waals surface area contributed by atoms with Gasteiger partial charge in [0, 0.05) is 25.9 Å². The Bertz CT molecular complexity index is 2070. The number of unbranched alkanes of at least 4 members (excludes halogenated alkanes) is 7. The Morgan fingerprint density at radius 1 is 0.588 bits per heavy atom. The van der Waals surface area contributed by atoms with Gasteiger partial charge in [0.2, 0.25) is 0 Å². The predicted molar refractivity (Wildman–Crippen MR) is 334 cm³/mol. The summed E-state index contributed by atoms with van der Waals surface area (Å²) in [5.74, 6) is 10.9. The van der Waals surface area contributed by atoms with Gasteiger partial charge in [0.1, 0.15) is 12.2 Å². The topological polar surface area (TPSA) is 76.1 Å². The molecule has 456 valence electrons. The first-order valence-electron chi connectivity index (χ1n) is 35.0. The van der Waals surface area contributed by atoms with Gasteiger partial charge < -0.3 is 19.5 Å². The molecule has 0 aliphatic heterocycles. The number of aliphatic hydroxyl groups excluding tert-OH is 1. The zero-order chi connectivity index (χ0) is 57.4. The summed E-state index contributed by atoms with van der Waals surface area (Å²) in [6.45, 7) is 33.4. The van der Waals surface area contributed by atoms with Gasteiger partial charge in [-0.05, 0) is 259 Å². The quantitative estimate of drug-likeness (QED) is 0.0457. The van der Waals surface area contributed by atoms with Crippen LogP contribution in [-0.2, 0) is 19.1 Å². The van der Waals surface area contributed by atoms with Crippen LogP contribution in [0, 0.1) is 105 Å². The summed E-state index contributed by atoms with van der Waals surface area (Å²) in [7, 11) is 0. The first kappa shape index (κ1) is 64.1. The van der Waals surface area contributed by atoms with Gasteiger partial charge in [-0.1, -0.05) is 157 Å². The number of hydrogen-bond donors (Lipinski definition) is 1. The van der Waals surface area contributed by atoms with Gasteiger partial charge >= 0.3 is 11.9 Å². The molecule has 8 rings (SSSR count). The maximum Gasteiger partial charge on any atom is 0.306 e. The third-order valence-corrected chi connectivity index (χ3v) is 26.3. The van der Waals surface area contributed by atoms with Crippen molar-refractivity contribution < 1.29 is 24.2 Å². The van der Waals surface area contributed by atoms with E-state index in [4.69, 9.17) is 9.47 Å². The normalized spacial score (nSPS) is 37.2. The van der Waals surface area contributed by atoms with E-state index in [-0.39, 0.29) is 36.2 Å². The lowest BCUT2D eigenvalue weighted by atomic mass is 9.44. The third kappa shape index (κ3) is 14.7. The Hall–Kier alpha value is -1.92. The number of aliphatic hydroxyl groups is 1. The van der Waals surface area contributed by atoms with Crippen molar-refractivity contribution in [3.63, 3.8) is 0 Å². The molecule has 0 aromatic heterocycles. The number of carbonyl (C=O) groups is 2. The molecular weight excluding hydrogens is 983 g/mol. The van der Waals surface area contributed by atoms with E-state index >= 15 is 0 Å². The summed E-state index contributed by atoms with van der Waals surface area (Å²) >= 11 is 0. The highest BCUT2D eigenvalue weighted by Crippen LogP contribution is 2.69. The molecule has 0 spiro atoms. The lowest BCUT2D eigenvalue weighted by Crippen LogP contribution is -2.54. The maximum absolute atomic E-state index is 13.3. The molecule has 0 radical (unpaired) electrons. The molecule has 0 bridgehead atoms. The van der Waals surface area contributed by atoms with E-state index < -0.39 is 0 Å². The maximum atomic E-state index is 13.3. The van der Waals surface area contributed by atoms with Gasteiger partial charge in [-0.25, -0.2) is 0 Å². The molecule has 0 aromatic carbocycles. The highest BCUT2D eigenvalue weighted by atomic mass is 16.5. The second kappa shape index (κ2) is 28.5. The van der Waals surface area contributed by atoms with Gasteiger partial charge in [0.05, 0.1) is 0 Å². The summed E-state index contributed by atoms with van der Waals surface area (Å²) < 4.78 is 12.5. The van der Waals surface area contributed by atoms with Crippen LogP contribution in [0.15, 0.2) is 35.5 Å². The standard InChI is InChI=1S/C74H125NO5/c1-51(2)53(5)25-27-55(7)63-33-35-65-61-31-29-57-49-59(37-41-71(57,9)67(61)39-43-73(63,65)11)79-69(77)23-17-13-15-19-45-75(47-21-22-48-76)46-20-16-14-18-24-70(78)80-60-38-42-72(10)58(50-60)30-32-62-66-36-34-64(74(66,12)44-40-68(62)72)56(8)28-26-54(6)52(3)4/h25,27,29,31,51-56,58-60,62-68,76H,13-24,26,28,30,32-50H2,1-12H3/b27-25+. The zero-order valence-electron chi connectivity index (χ0n) is 54.1. The van der Waals surface area contributed by atoms with E-state index in [1.807, 2.05) is 0 Å². The number of hydrogen-bond acceptors (Lipinski definition) is 6. The van der Waals surface area contributed by atoms with Crippen molar-refractivity contribution in [1.29, 1.82) is 0 Å². The molecule has 0 saturated heterocycles. The Morgan fingerprint density at radius 2 is 1.20 bits per heavy atom. The highest BCUT2D eigenvalue weighted by Gasteiger charge is 2.61. The van der Waals surface area contributed by atoms with Crippen LogP contribution < -0.4 is 0 Å². The fraction of sp³-hybridized carbons (Fsp3) is 0.892. The number of fused-ring (bicyclic) bond motifs is 10. The molecule has 1 N–H and O–H groups in total. The summed E-state index contributed by atoms with van der Waals surface area (Å²) in [5, 5.41) is 9.51. The average Bonchev–Trinajstić information content (AvgIpc) is 3.99. The molecule has 6 nitrogen and oxygen atoms in total. The summed E-state index contributed by atoms with van der Waals surface area (Å²) in [5.41, 5.74) is 4.84. The molecule has 0 heterocycles. The zero-order valence-corrected chi connectivity index (χ0v) is 54.1. The Morgan fingerprint density at radius 3 is 1.88 bits per heavy atom. The summed E-state index contributed by atoms with van der Waals surface area (Å²) in [4.78, 5) is 29.1. The molecule has 18 unspecified atom stereocenters. The van der Waals surface area contributed by atoms with E-state index in [1.54, 1.807) is 5.57 Å². The van der Waals surface area contributed by atoms with Crippen molar-refractivity contribution in [2.75, 3.05) is 26.2 Å². The molecule has 0 amide bonds. The van der Waals surface area contributed by atoms with E-state index in [0.29, 0.717) is 64.6 Å². The molecule has 0 aromatic rings. The fourth-order valence-corrected chi connectivity index (χ4v) is 20.2. The van der Waals surface area contributed by atoms with Crippen molar-refractivity contribution in [3.05, 3.63) is 35.5 Å². The van der Waals surface area contributed by atoms with Crippen LogP contribution >= 0.6 is 0 Å². The molecule has 7 fully saturated rings.